The summed E-state index contributed by atoms with van der Waals surface area (Å²) in [5, 5.41) is 0. The van der Waals surface area contributed by atoms with E-state index in [-0.39, 0.29) is 18.9 Å². The van der Waals surface area contributed by atoms with Crippen LogP contribution in [0.4, 0.5) is 4.79 Å². The maximum Gasteiger partial charge on any atom is 0.413 e. The Labute approximate surface area is 189 Å². The monoisotopic (exact) mass is 439 g/mol. The zero-order valence-corrected chi connectivity index (χ0v) is 20.7. The van der Waals surface area contributed by atoms with Crippen LogP contribution < -0.4 is 0 Å². The molecule has 6 nitrogen and oxygen atoms in total. The molecule has 0 unspecified atom stereocenters. The molecule has 0 N–H and O–H groups in total. The molecule has 1 aliphatic rings. The first-order valence-electron chi connectivity index (χ1n) is 11.7. The smallest absolute Gasteiger partial charge is 0.413 e. The van der Waals surface area contributed by atoms with Crippen molar-refractivity contribution in [2.24, 2.45) is 0 Å². The lowest BCUT2D eigenvalue weighted by molar-refractivity contribution is -0.0904. The fourth-order valence-corrected chi connectivity index (χ4v) is 3.67. The Kier molecular flexibility index (Phi) is 12.4. The predicted octanol–water partition coefficient (Wildman–Crippen LogP) is 6.21. The third-order valence-corrected chi connectivity index (χ3v) is 5.22. The van der Waals surface area contributed by atoms with Crippen LogP contribution in [0.2, 0.25) is 0 Å². The number of nitrogens with zero attached hydrogens (tertiary/aromatic N) is 1. The molecule has 1 aliphatic heterocycles. The normalized spacial score (nSPS) is 19.7. The van der Waals surface area contributed by atoms with Crippen LogP contribution in [-0.2, 0) is 18.9 Å². The summed E-state index contributed by atoms with van der Waals surface area (Å²) in [6.07, 6.45) is 15.0. The molecule has 180 valence electrons. The number of unbranched alkanes of at least 4 members (excludes halogenated alkanes) is 7. The first kappa shape index (κ1) is 27.7. The van der Waals surface area contributed by atoms with Crippen LogP contribution in [0.5, 0.6) is 0 Å². The molecule has 0 aliphatic carbocycles. The van der Waals surface area contributed by atoms with Gasteiger partial charge in [0.2, 0.25) is 0 Å². The Bertz CT molecular complexity index is 553. The lowest BCUT2D eigenvalue weighted by atomic mass is 10.1. The molecule has 1 saturated heterocycles. The Morgan fingerprint density at radius 3 is 2.35 bits per heavy atom. The van der Waals surface area contributed by atoms with E-state index in [1.165, 1.54) is 32.1 Å². The minimum absolute atomic E-state index is 0.152. The van der Waals surface area contributed by atoms with Gasteiger partial charge < -0.3 is 18.9 Å². The third kappa shape index (κ3) is 10.7. The van der Waals surface area contributed by atoms with Gasteiger partial charge in [-0.3, -0.25) is 4.90 Å². The fourth-order valence-electron chi connectivity index (χ4n) is 3.67. The van der Waals surface area contributed by atoms with E-state index in [1.54, 1.807) is 12.0 Å². The van der Waals surface area contributed by atoms with Gasteiger partial charge in [0, 0.05) is 7.11 Å². The van der Waals surface area contributed by atoms with E-state index in [2.05, 4.69) is 12.7 Å². The number of methoxy groups -OCH3 is 1. The molecule has 1 rings (SSSR count). The van der Waals surface area contributed by atoms with E-state index in [4.69, 9.17) is 18.9 Å². The van der Waals surface area contributed by atoms with Crippen LogP contribution in [0.25, 0.3) is 0 Å². The average molecular weight is 440 g/mol. The van der Waals surface area contributed by atoms with Crippen molar-refractivity contribution in [1.29, 1.82) is 0 Å². The Morgan fingerprint density at radius 1 is 1.16 bits per heavy atom. The summed E-state index contributed by atoms with van der Waals surface area (Å²) in [7, 11) is 1.59. The van der Waals surface area contributed by atoms with E-state index in [9.17, 15) is 4.79 Å². The second-order valence-electron chi connectivity index (χ2n) is 9.63. The van der Waals surface area contributed by atoms with Gasteiger partial charge in [-0.1, -0.05) is 43.9 Å². The van der Waals surface area contributed by atoms with Gasteiger partial charge in [-0.2, -0.15) is 0 Å². The summed E-state index contributed by atoms with van der Waals surface area (Å²) in [4.78, 5) is 14.6. The molecule has 1 amide bonds. The van der Waals surface area contributed by atoms with Gasteiger partial charge in [-0.25, -0.2) is 4.79 Å². The Balaban J connectivity index is 2.64. The van der Waals surface area contributed by atoms with Crippen LogP contribution in [-0.4, -0.2) is 55.0 Å². The quantitative estimate of drug-likeness (QED) is 0.183. The number of carbonyl (C=O) groups excluding carboxylic acids is 1. The molecule has 1 heterocycles. The third-order valence-electron chi connectivity index (χ3n) is 5.22. The molecule has 0 saturated carbocycles. The van der Waals surface area contributed by atoms with Crippen LogP contribution >= 0.6 is 0 Å². The summed E-state index contributed by atoms with van der Waals surface area (Å²) < 4.78 is 22.6. The summed E-state index contributed by atoms with van der Waals surface area (Å²) in [6.45, 7) is 13.6. The number of amides is 1. The van der Waals surface area contributed by atoms with E-state index in [1.807, 2.05) is 46.8 Å². The topological polar surface area (TPSA) is 57.2 Å². The molecular weight excluding hydrogens is 394 g/mol. The lowest BCUT2D eigenvalue weighted by Crippen LogP contribution is -2.53. The number of rotatable bonds is 14. The van der Waals surface area contributed by atoms with E-state index in [0.717, 1.165) is 19.3 Å². The minimum Gasteiger partial charge on any atom is -0.444 e. The van der Waals surface area contributed by atoms with Gasteiger partial charge in [0.15, 0.2) is 0 Å². The van der Waals surface area contributed by atoms with Crippen LogP contribution in [0.15, 0.2) is 24.8 Å². The van der Waals surface area contributed by atoms with Crippen molar-refractivity contribution in [3.05, 3.63) is 24.8 Å². The number of ether oxygens (including phenoxy) is 4. The standard InChI is InChI=1S/C25H45NO5/c1-8-9-10-11-12-13-14-15-16-17-18-22(29-20-28-7)21-19-30-25(5,6)26(21)23(27)31-24(2,3)4/h8,17-18,21-22H,1,9-16,19-20H2,2-7H3/b18-17+/t21-,22+/m0/s1. The molecule has 0 bridgehead atoms. The second-order valence-corrected chi connectivity index (χ2v) is 9.63. The first-order valence-corrected chi connectivity index (χ1v) is 11.7. The van der Waals surface area contributed by atoms with Crippen molar-refractivity contribution in [2.75, 3.05) is 20.5 Å². The number of hydrogen-bond donors (Lipinski definition) is 0. The van der Waals surface area contributed by atoms with E-state index >= 15 is 0 Å². The van der Waals surface area contributed by atoms with Crippen LogP contribution in [0.3, 0.4) is 0 Å². The highest BCUT2D eigenvalue weighted by Gasteiger charge is 2.48. The fraction of sp³-hybridized carbons (Fsp3) is 0.800. The largest absolute Gasteiger partial charge is 0.444 e. The molecule has 6 heteroatoms. The summed E-state index contributed by atoms with van der Waals surface area (Å²) >= 11 is 0. The maximum atomic E-state index is 12.9. The summed E-state index contributed by atoms with van der Waals surface area (Å²) in [5.41, 5.74) is -1.34. The average Bonchev–Trinajstić information content (AvgIpc) is 2.99. The molecule has 0 radical (unpaired) electrons. The van der Waals surface area contributed by atoms with Crippen LogP contribution in [0.1, 0.15) is 86.0 Å². The van der Waals surface area contributed by atoms with Crippen molar-refractivity contribution < 1.29 is 23.7 Å². The van der Waals surface area contributed by atoms with Gasteiger partial charge in [-0.15, -0.1) is 6.58 Å². The zero-order valence-electron chi connectivity index (χ0n) is 20.7. The molecular formula is C25H45NO5. The number of allylic oxidation sites excluding steroid dienone is 2. The van der Waals surface area contributed by atoms with Crippen molar-refractivity contribution in [3.8, 4) is 0 Å². The Morgan fingerprint density at radius 2 is 1.77 bits per heavy atom. The molecule has 2 atom stereocenters. The molecule has 0 aromatic carbocycles. The zero-order chi connectivity index (χ0) is 23.3. The molecule has 1 fully saturated rings. The van der Waals surface area contributed by atoms with Crippen molar-refractivity contribution in [1.82, 2.24) is 4.90 Å². The van der Waals surface area contributed by atoms with Gasteiger partial charge in [0.1, 0.15) is 24.2 Å². The van der Waals surface area contributed by atoms with Gasteiger partial charge >= 0.3 is 6.09 Å². The molecule has 0 aromatic heterocycles. The molecule has 0 aromatic rings. The molecule has 0 spiro atoms. The first-order chi connectivity index (χ1) is 14.6. The molecule has 31 heavy (non-hydrogen) atoms. The van der Waals surface area contributed by atoms with Gasteiger partial charge in [0.25, 0.3) is 0 Å². The van der Waals surface area contributed by atoms with Gasteiger partial charge in [0.05, 0.1) is 12.6 Å². The second kappa shape index (κ2) is 13.9. The van der Waals surface area contributed by atoms with E-state index in [0.29, 0.717) is 6.61 Å². The highest BCUT2D eigenvalue weighted by molar-refractivity contribution is 5.70. The Hall–Kier alpha value is -1.37. The van der Waals surface area contributed by atoms with Crippen molar-refractivity contribution in [3.63, 3.8) is 0 Å². The van der Waals surface area contributed by atoms with Crippen molar-refractivity contribution >= 4 is 6.09 Å². The van der Waals surface area contributed by atoms with Gasteiger partial charge in [-0.05, 0) is 60.3 Å². The van der Waals surface area contributed by atoms with E-state index < -0.39 is 17.4 Å². The van der Waals surface area contributed by atoms with Crippen molar-refractivity contribution in [2.45, 2.75) is 109 Å². The highest BCUT2D eigenvalue weighted by atomic mass is 16.7. The summed E-state index contributed by atoms with van der Waals surface area (Å²) in [5.74, 6) is 0. The number of hydrogen-bond acceptors (Lipinski definition) is 5. The maximum absolute atomic E-state index is 12.9. The SMILES string of the molecule is C=CCCCCCCCC/C=C/[C@@H](OCOC)[C@@H]1COC(C)(C)N1C(=O)OC(C)(C)C. The summed E-state index contributed by atoms with van der Waals surface area (Å²) in [6, 6.07) is -0.277. The highest BCUT2D eigenvalue weighted by Crippen LogP contribution is 2.32. The minimum atomic E-state index is -0.763. The predicted molar refractivity (Wildman–Crippen MR) is 125 cm³/mol. The number of carbonyl (C=O) groups is 1. The van der Waals surface area contributed by atoms with Crippen LogP contribution in [0, 0.1) is 0 Å². The lowest BCUT2D eigenvalue weighted by Gasteiger charge is -2.36.